The summed E-state index contributed by atoms with van der Waals surface area (Å²) in [5.74, 6) is -0.0103. The van der Waals surface area contributed by atoms with Crippen LogP contribution in [0.3, 0.4) is 0 Å². The molecule has 166 valence electrons. The molecular formula is C24H25ClN4O3. The third kappa shape index (κ3) is 4.78. The van der Waals surface area contributed by atoms with E-state index in [0.717, 1.165) is 24.1 Å². The van der Waals surface area contributed by atoms with Crippen LogP contribution >= 0.6 is 11.6 Å². The van der Waals surface area contributed by atoms with E-state index in [1.54, 1.807) is 18.2 Å². The fourth-order valence-electron chi connectivity index (χ4n) is 3.35. The number of anilines is 1. The second kappa shape index (κ2) is 9.04. The molecule has 4 rings (SSSR count). The van der Waals surface area contributed by atoms with E-state index in [4.69, 9.17) is 11.6 Å². The molecule has 0 atom stereocenters. The Morgan fingerprint density at radius 3 is 2.62 bits per heavy atom. The van der Waals surface area contributed by atoms with Crippen molar-refractivity contribution in [1.82, 2.24) is 15.1 Å². The molecule has 3 N–H and O–H groups in total. The molecule has 1 fully saturated rings. The van der Waals surface area contributed by atoms with E-state index in [1.165, 1.54) is 10.7 Å². The molecule has 1 aliphatic carbocycles. The molecule has 1 saturated carbocycles. The van der Waals surface area contributed by atoms with Gasteiger partial charge in [-0.15, -0.1) is 0 Å². The minimum atomic E-state index is -0.359. The number of aromatic hydroxyl groups is 1. The van der Waals surface area contributed by atoms with E-state index in [9.17, 15) is 14.7 Å². The number of carbonyl (C=O) groups excluding carboxylic acids is 2. The zero-order valence-electron chi connectivity index (χ0n) is 17.9. The number of halogens is 1. The zero-order valence-corrected chi connectivity index (χ0v) is 18.7. The summed E-state index contributed by atoms with van der Waals surface area (Å²) in [5.41, 5.74) is 3.09. The Morgan fingerprint density at radius 1 is 1.19 bits per heavy atom. The van der Waals surface area contributed by atoms with Crippen LogP contribution < -0.4 is 10.6 Å². The van der Waals surface area contributed by atoms with Crippen molar-refractivity contribution in [3.63, 3.8) is 0 Å². The van der Waals surface area contributed by atoms with Crippen molar-refractivity contribution >= 4 is 29.2 Å². The number of nitrogens with zero attached hydrogens (tertiary/aromatic N) is 2. The number of carbonyl (C=O) groups is 2. The lowest BCUT2D eigenvalue weighted by Crippen LogP contribution is -2.30. The van der Waals surface area contributed by atoms with Gasteiger partial charge in [-0.1, -0.05) is 43.6 Å². The van der Waals surface area contributed by atoms with Gasteiger partial charge < -0.3 is 15.7 Å². The van der Waals surface area contributed by atoms with Crippen molar-refractivity contribution < 1.29 is 14.7 Å². The maximum absolute atomic E-state index is 12.9. The zero-order chi connectivity index (χ0) is 22.8. The van der Waals surface area contributed by atoms with Gasteiger partial charge in [0, 0.05) is 34.7 Å². The molecule has 0 radical (unpaired) electrons. The summed E-state index contributed by atoms with van der Waals surface area (Å²) in [6.07, 6.45) is 1.97. The van der Waals surface area contributed by atoms with Crippen LogP contribution in [0, 0.1) is 5.92 Å². The largest absolute Gasteiger partial charge is 0.507 e. The van der Waals surface area contributed by atoms with Crippen LogP contribution in [0.25, 0.3) is 11.3 Å². The first-order valence-corrected chi connectivity index (χ1v) is 11.0. The van der Waals surface area contributed by atoms with Crippen LogP contribution in [0.2, 0.25) is 5.02 Å². The first-order valence-electron chi connectivity index (χ1n) is 10.6. The van der Waals surface area contributed by atoms with Crippen LogP contribution in [0.15, 0.2) is 48.5 Å². The number of hydrogen-bond acceptors (Lipinski definition) is 4. The standard InChI is InChI=1S/C24H25ClN4O3/c1-14(2)23(31)27-17-9-10-22(30)18(11-17)20-12-21(15-7-8-15)29(28-20)24(32)26-13-16-5-3-4-6-19(16)25/h3-6,9-12,14-15,30H,7-8,13H2,1-2H3,(H,26,32)(H,27,31). The first kappa shape index (κ1) is 21.9. The highest BCUT2D eigenvalue weighted by Gasteiger charge is 2.31. The third-order valence-corrected chi connectivity index (χ3v) is 5.75. The number of benzene rings is 2. The molecule has 2 amide bonds. The molecule has 8 heteroatoms. The minimum Gasteiger partial charge on any atom is -0.507 e. The Morgan fingerprint density at radius 2 is 1.94 bits per heavy atom. The Hall–Kier alpha value is -3.32. The summed E-state index contributed by atoms with van der Waals surface area (Å²) >= 11 is 6.19. The summed E-state index contributed by atoms with van der Waals surface area (Å²) in [6.45, 7) is 3.89. The monoisotopic (exact) mass is 452 g/mol. The summed E-state index contributed by atoms with van der Waals surface area (Å²) in [6, 6.07) is 13.6. The van der Waals surface area contributed by atoms with E-state index in [-0.39, 0.29) is 36.1 Å². The van der Waals surface area contributed by atoms with E-state index in [1.807, 2.05) is 38.1 Å². The quantitative estimate of drug-likeness (QED) is 0.451. The van der Waals surface area contributed by atoms with Crippen LogP contribution in [-0.2, 0) is 11.3 Å². The molecular weight excluding hydrogens is 428 g/mol. The summed E-state index contributed by atoms with van der Waals surface area (Å²) in [5, 5.41) is 21.2. The Balaban J connectivity index is 1.60. The average Bonchev–Trinajstić information content (AvgIpc) is 3.52. The number of amides is 2. The van der Waals surface area contributed by atoms with Crippen LogP contribution in [0.1, 0.15) is 43.9 Å². The lowest BCUT2D eigenvalue weighted by atomic mass is 10.1. The van der Waals surface area contributed by atoms with Crippen LogP contribution in [0.5, 0.6) is 5.75 Å². The molecule has 0 aliphatic heterocycles. The number of rotatable bonds is 6. The number of aromatic nitrogens is 2. The molecule has 2 aromatic carbocycles. The van der Waals surface area contributed by atoms with Gasteiger partial charge in [-0.3, -0.25) is 4.79 Å². The van der Waals surface area contributed by atoms with Crippen LogP contribution in [-0.4, -0.2) is 26.8 Å². The highest BCUT2D eigenvalue weighted by atomic mass is 35.5. The van der Waals surface area contributed by atoms with Crippen molar-refractivity contribution in [1.29, 1.82) is 0 Å². The van der Waals surface area contributed by atoms with E-state index < -0.39 is 0 Å². The van der Waals surface area contributed by atoms with E-state index >= 15 is 0 Å². The highest BCUT2D eigenvalue weighted by molar-refractivity contribution is 6.31. The second-order valence-electron chi connectivity index (χ2n) is 8.27. The van der Waals surface area contributed by atoms with Gasteiger partial charge >= 0.3 is 6.03 Å². The molecule has 1 aliphatic rings. The second-order valence-corrected chi connectivity index (χ2v) is 8.67. The van der Waals surface area contributed by atoms with Gasteiger partial charge in [-0.2, -0.15) is 9.78 Å². The van der Waals surface area contributed by atoms with Gasteiger partial charge in [-0.05, 0) is 48.7 Å². The Kier molecular flexibility index (Phi) is 6.19. The number of phenols is 1. The lowest BCUT2D eigenvalue weighted by Gasteiger charge is -2.10. The smallest absolute Gasteiger partial charge is 0.342 e. The lowest BCUT2D eigenvalue weighted by molar-refractivity contribution is -0.118. The van der Waals surface area contributed by atoms with Crippen molar-refractivity contribution in [3.8, 4) is 17.0 Å². The molecule has 0 bridgehead atoms. The molecule has 1 heterocycles. The Labute approximate surface area is 191 Å². The van der Waals surface area contributed by atoms with Crippen molar-refractivity contribution in [3.05, 3.63) is 64.8 Å². The highest BCUT2D eigenvalue weighted by Crippen LogP contribution is 2.42. The topological polar surface area (TPSA) is 96.2 Å². The Bertz CT molecular complexity index is 1170. The molecule has 7 nitrogen and oxygen atoms in total. The molecule has 32 heavy (non-hydrogen) atoms. The van der Waals surface area contributed by atoms with Gasteiger partial charge in [-0.25, -0.2) is 4.79 Å². The molecule has 0 unspecified atom stereocenters. The maximum atomic E-state index is 12.9. The van der Waals surface area contributed by atoms with Crippen molar-refractivity contribution in [2.24, 2.45) is 5.92 Å². The predicted molar refractivity (Wildman–Crippen MR) is 124 cm³/mol. The fourth-order valence-corrected chi connectivity index (χ4v) is 3.56. The maximum Gasteiger partial charge on any atom is 0.342 e. The normalized spacial score (nSPS) is 13.2. The average molecular weight is 453 g/mol. The number of nitrogens with one attached hydrogen (secondary N) is 2. The molecule has 0 spiro atoms. The van der Waals surface area contributed by atoms with Gasteiger partial charge in [0.05, 0.1) is 11.4 Å². The summed E-state index contributed by atoms with van der Waals surface area (Å²) in [7, 11) is 0. The van der Waals surface area contributed by atoms with Crippen molar-refractivity contribution in [2.45, 2.75) is 39.2 Å². The minimum absolute atomic E-state index is 0.0241. The van der Waals surface area contributed by atoms with Gasteiger partial charge in [0.15, 0.2) is 0 Å². The fraction of sp³-hybridized carbons (Fsp3) is 0.292. The summed E-state index contributed by atoms with van der Waals surface area (Å²) in [4.78, 5) is 25.0. The predicted octanol–water partition coefficient (Wildman–Crippen LogP) is 5.14. The van der Waals surface area contributed by atoms with Crippen molar-refractivity contribution in [2.75, 3.05) is 5.32 Å². The van der Waals surface area contributed by atoms with Gasteiger partial charge in [0.1, 0.15) is 5.75 Å². The SMILES string of the molecule is CC(C)C(=O)Nc1ccc(O)c(-c2cc(C3CC3)n(C(=O)NCc3ccccc3Cl)n2)c1. The molecule has 1 aromatic heterocycles. The van der Waals surface area contributed by atoms with E-state index in [2.05, 4.69) is 15.7 Å². The first-order chi connectivity index (χ1) is 15.3. The molecule has 3 aromatic rings. The molecule has 0 saturated heterocycles. The summed E-state index contributed by atoms with van der Waals surface area (Å²) < 4.78 is 1.36. The number of hydrogen-bond donors (Lipinski definition) is 3. The van der Waals surface area contributed by atoms with Gasteiger partial charge in [0.2, 0.25) is 5.91 Å². The van der Waals surface area contributed by atoms with Gasteiger partial charge in [0.25, 0.3) is 0 Å². The van der Waals surface area contributed by atoms with Crippen LogP contribution in [0.4, 0.5) is 10.5 Å². The van der Waals surface area contributed by atoms with E-state index in [0.29, 0.717) is 22.0 Å². The third-order valence-electron chi connectivity index (χ3n) is 5.38. The number of phenolic OH excluding ortho intramolecular Hbond substituents is 1.